The zero-order chi connectivity index (χ0) is 17.1. The van der Waals surface area contributed by atoms with Gasteiger partial charge in [0.05, 0.1) is 11.6 Å². The lowest BCUT2D eigenvalue weighted by molar-refractivity contribution is -0.0498. The van der Waals surface area contributed by atoms with Gasteiger partial charge in [-0.1, -0.05) is 6.92 Å². The molecule has 0 N–H and O–H groups in total. The molecule has 0 atom stereocenters. The molecule has 0 spiro atoms. The highest BCUT2D eigenvalue weighted by Crippen LogP contribution is 2.21. The largest absolute Gasteiger partial charge is 0.435 e. The molecule has 5 nitrogen and oxygen atoms in total. The minimum atomic E-state index is -2.86. The number of hydrogen-bond donors (Lipinski definition) is 0. The maximum Gasteiger partial charge on any atom is 0.387 e. The number of rotatable bonds is 5. The van der Waals surface area contributed by atoms with Crippen molar-refractivity contribution in [3.05, 3.63) is 57.5 Å². The molecule has 0 saturated heterocycles. The number of halogens is 2. The number of aryl methyl sites for hydroxylation is 1. The number of aromatic nitrogens is 2. The van der Waals surface area contributed by atoms with Crippen LogP contribution in [0.5, 0.6) is 5.75 Å². The highest BCUT2D eigenvalue weighted by Gasteiger charge is 2.07. The van der Waals surface area contributed by atoms with Gasteiger partial charge in [0.15, 0.2) is 0 Å². The molecule has 0 bridgehead atoms. The van der Waals surface area contributed by atoms with Gasteiger partial charge in [0, 0.05) is 4.88 Å². The smallest absolute Gasteiger partial charge is 0.387 e. The van der Waals surface area contributed by atoms with Crippen molar-refractivity contribution in [3.63, 3.8) is 0 Å². The maximum atomic E-state index is 12.4. The SMILES string of the molecule is CCc1cc2c(=O)n(/N=C\c3ccc(OC(F)F)cc3)cnc2s1. The van der Waals surface area contributed by atoms with Crippen LogP contribution >= 0.6 is 11.3 Å². The molecule has 3 rings (SSSR count). The second-order valence-corrected chi connectivity index (χ2v) is 5.99. The van der Waals surface area contributed by atoms with Crippen molar-refractivity contribution >= 4 is 27.8 Å². The zero-order valence-electron chi connectivity index (χ0n) is 12.6. The predicted molar refractivity (Wildman–Crippen MR) is 89.3 cm³/mol. The molecule has 2 heterocycles. The van der Waals surface area contributed by atoms with Crippen molar-refractivity contribution in [1.29, 1.82) is 0 Å². The summed E-state index contributed by atoms with van der Waals surface area (Å²) < 4.78 is 29.6. The molecule has 0 unspecified atom stereocenters. The van der Waals surface area contributed by atoms with E-state index in [0.717, 1.165) is 16.0 Å². The summed E-state index contributed by atoms with van der Waals surface area (Å²) in [6.45, 7) is -0.845. The second kappa shape index (κ2) is 6.88. The van der Waals surface area contributed by atoms with E-state index in [9.17, 15) is 13.6 Å². The van der Waals surface area contributed by atoms with Gasteiger partial charge in [-0.2, -0.15) is 18.6 Å². The first-order valence-corrected chi connectivity index (χ1v) is 7.97. The molecular weight excluding hydrogens is 336 g/mol. The molecule has 0 aliphatic carbocycles. The van der Waals surface area contributed by atoms with E-state index in [-0.39, 0.29) is 11.3 Å². The Kier molecular flexibility index (Phi) is 4.66. The highest BCUT2D eigenvalue weighted by atomic mass is 32.1. The number of benzene rings is 1. The van der Waals surface area contributed by atoms with Gasteiger partial charge in [-0.15, -0.1) is 11.3 Å². The molecule has 24 heavy (non-hydrogen) atoms. The van der Waals surface area contributed by atoms with E-state index in [2.05, 4.69) is 14.8 Å². The third-order valence-corrected chi connectivity index (χ3v) is 4.46. The summed E-state index contributed by atoms with van der Waals surface area (Å²) in [5.74, 6) is 0.0628. The first kappa shape index (κ1) is 16.3. The standard InChI is InChI=1S/C16H13F2N3O2S/c1-2-12-7-13-14(24-12)19-9-21(15(13)22)20-8-10-3-5-11(6-4-10)23-16(17)18/h3-9,16H,2H2,1H3/b20-8-. The average Bonchev–Trinajstić information content (AvgIpc) is 2.99. The van der Waals surface area contributed by atoms with E-state index in [1.165, 1.54) is 36.0 Å². The quantitative estimate of drug-likeness (QED) is 0.663. The van der Waals surface area contributed by atoms with E-state index >= 15 is 0 Å². The summed E-state index contributed by atoms with van der Waals surface area (Å²) in [5, 5.41) is 4.62. The fraction of sp³-hybridized carbons (Fsp3) is 0.188. The molecule has 124 valence electrons. The Hall–Kier alpha value is -2.61. The Morgan fingerprint density at radius 1 is 1.38 bits per heavy atom. The maximum absolute atomic E-state index is 12.4. The van der Waals surface area contributed by atoms with E-state index < -0.39 is 6.61 Å². The van der Waals surface area contributed by atoms with E-state index in [1.54, 1.807) is 12.1 Å². The first-order valence-electron chi connectivity index (χ1n) is 7.16. The third-order valence-electron chi connectivity index (χ3n) is 3.27. The minimum absolute atomic E-state index is 0.0628. The topological polar surface area (TPSA) is 56.5 Å². The van der Waals surface area contributed by atoms with Gasteiger partial charge in [0.25, 0.3) is 5.56 Å². The monoisotopic (exact) mass is 349 g/mol. The van der Waals surface area contributed by atoms with E-state index in [4.69, 9.17) is 0 Å². The van der Waals surface area contributed by atoms with Crippen LogP contribution < -0.4 is 10.3 Å². The normalized spacial score (nSPS) is 11.7. The van der Waals surface area contributed by atoms with Crippen LogP contribution in [-0.2, 0) is 6.42 Å². The van der Waals surface area contributed by atoms with Gasteiger partial charge in [0.2, 0.25) is 0 Å². The molecular formula is C16H13F2N3O2S. The molecule has 8 heteroatoms. The van der Waals surface area contributed by atoms with Crippen LogP contribution in [0.15, 0.2) is 46.6 Å². The number of fused-ring (bicyclic) bond motifs is 1. The fourth-order valence-corrected chi connectivity index (χ4v) is 3.01. The van der Waals surface area contributed by atoms with Crippen molar-refractivity contribution in [3.8, 4) is 5.75 Å². The Bertz CT molecular complexity index is 933. The lowest BCUT2D eigenvalue weighted by Crippen LogP contribution is -2.16. The number of thiophene rings is 1. The van der Waals surface area contributed by atoms with Gasteiger partial charge in [-0.3, -0.25) is 4.79 Å². The zero-order valence-corrected chi connectivity index (χ0v) is 13.5. The number of nitrogens with zero attached hydrogens (tertiary/aromatic N) is 3. The summed E-state index contributed by atoms with van der Waals surface area (Å²) in [4.78, 5) is 18.4. The van der Waals surface area contributed by atoms with Crippen LogP contribution in [-0.4, -0.2) is 22.5 Å². The van der Waals surface area contributed by atoms with Gasteiger partial charge in [-0.05, 0) is 42.3 Å². The number of alkyl halides is 2. The van der Waals surface area contributed by atoms with E-state index in [1.807, 2.05) is 13.0 Å². The lowest BCUT2D eigenvalue weighted by atomic mass is 10.2. The summed E-state index contributed by atoms with van der Waals surface area (Å²) in [6.07, 6.45) is 3.66. The molecule has 0 aliphatic rings. The summed E-state index contributed by atoms with van der Waals surface area (Å²) in [5.41, 5.74) is 0.396. The Balaban J connectivity index is 1.85. The van der Waals surface area contributed by atoms with Gasteiger partial charge in [-0.25, -0.2) is 4.98 Å². The van der Waals surface area contributed by atoms with Crippen molar-refractivity contribution in [1.82, 2.24) is 9.66 Å². The van der Waals surface area contributed by atoms with Crippen molar-refractivity contribution in [2.75, 3.05) is 0 Å². The van der Waals surface area contributed by atoms with Crippen LogP contribution in [0.1, 0.15) is 17.4 Å². The predicted octanol–water partition coefficient (Wildman–Crippen LogP) is 3.50. The summed E-state index contributed by atoms with van der Waals surface area (Å²) >= 11 is 1.49. The van der Waals surface area contributed by atoms with Crippen molar-refractivity contribution in [2.45, 2.75) is 20.0 Å². The molecule has 0 fully saturated rings. The fourth-order valence-electron chi connectivity index (χ4n) is 2.08. The average molecular weight is 349 g/mol. The van der Waals surface area contributed by atoms with Crippen LogP contribution in [0.4, 0.5) is 8.78 Å². The Morgan fingerprint density at radius 3 is 2.79 bits per heavy atom. The van der Waals surface area contributed by atoms with Crippen LogP contribution in [0.25, 0.3) is 10.2 Å². The Labute approximate surface area is 139 Å². The van der Waals surface area contributed by atoms with Crippen LogP contribution in [0.3, 0.4) is 0 Å². The molecule has 0 aliphatic heterocycles. The van der Waals surface area contributed by atoms with Gasteiger partial charge < -0.3 is 4.74 Å². The molecule has 0 saturated carbocycles. The third kappa shape index (κ3) is 3.48. The highest BCUT2D eigenvalue weighted by molar-refractivity contribution is 7.18. The number of hydrogen-bond acceptors (Lipinski definition) is 5. The molecule has 1 aromatic carbocycles. The minimum Gasteiger partial charge on any atom is -0.435 e. The van der Waals surface area contributed by atoms with E-state index in [0.29, 0.717) is 15.8 Å². The summed E-state index contributed by atoms with van der Waals surface area (Å²) in [7, 11) is 0. The molecule has 0 radical (unpaired) electrons. The lowest BCUT2D eigenvalue weighted by Gasteiger charge is -2.03. The first-order chi connectivity index (χ1) is 11.6. The summed E-state index contributed by atoms with van der Waals surface area (Å²) in [6, 6.07) is 7.78. The van der Waals surface area contributed by atoms with Gasteiger partial charge >= 0.3 is 6.61 Å². The van der Waals surface area contributed by atoms with Gasteiger partial charge in [0.1, 0.15) is 16.9 Å². The second-order valence-electron chi connectivity index (χ2n) is 4.87. The Morgan fingerprint density at radius 2 is 2.12 bits per heavy atom. The molecule has 3 aromatic rings. The van der Waals surface area contributed by atoms with Crippen LogP contribution in [0.2, 0.25) is 0 Å². The van der Waals surface area contributed by atoms with Crippen LogP contribution in [0, 0.1) is 0 Å². The molecule has 2 aromatic heterocycles. The van der Waals surface area contributed by atoms with Crippen molar-refractivity contribution < 1.29 is 13.5 Å². The van der Waals surface area contributed by atoms with Crippen molar-refractivity contribution in [2.24, 2.45) is 5.10 Å². The molecule has 0 amide bonds. The number of ether oxygens (including phenoxy) is 1.